The van der Waals surface area contributed by atoms with Crippen molar-refractivity contribution < 1.29 is 58.2 Å². The maximum Gasteiger partial charge on any atom is 0.145 e. The Hall–Kier alpha value is -13.3. The summed E-state index contributed by atoms with van der Waals surface area (Å²) in [5.41, 5.74) is -1.13. The second-order valence-corrected chi connectivity index (χ2v) is 23.1. The number of anilines is 6. The smallest absolute Gasteiger partial charge is 0.145 e. The number of nitrogens with zero attached hydrogens (tertiary/aromatic N) is 2. The van der Waals surface area contributed by atoms with Gasteiger partial charge in [-0.1, -0.05) is 290 Å². The van der Waals surface area contributed by atoms with Crippen LogP contribution in [0.3, 0.4) is 0 Å². The minimum absolute atomic E-state index is 0.171. The van der Waals surface area contributed by atoms with Crippen molar-refractivity contribution in [3.8, 4) is 44.5 Å². The minimum atomic E-state index is -1.31. The van der Waals surface area contributed by atoms with Crippen LogP contribution < -0.4 is 9.80 Å². The fourth-order valence-corrected chi connectivity index (χ4v) is 12.9. The van der Waals surface area contributed by atoms with Crippen molar-refractivity contribution in [1.29, 1.82) is 0 Å². The van der Waals surface area contributed by atoms with Crippen LogP contribution in [0, 0.1) is 0 Å². The monoisotopic (exact) mass is 1310 g/mol. The van der Waals surface area contributed by atoms with E-state index in [0.717, 1.165) is 60.9 Å². The number of fused-ring (bicyclic) bond motifs is 16. The van der Waals surface area contributed by atoms with Crippen molar-refractivity contribution in [2.45, 2.75) is 0 Å². The first-order valence-electron chi connectivity index (χ1n) is 49.3. The zero-order valence-corrected chi connectivity index (χ0v) is 51.7. The van der Waals surface area contributed by atoms with E-state index < -0.39 is 287 Å². The molecule has 0 N–H and O–H groups in total. The summed E-state index contributed by atoms with van der Waals surface area (Å²) in [5.74, 6) is 0. The summed E-state index contributed by atoms with van der Waals surface area (Å²) in [7, 11) is 0. The molecule has 20 aromatic rings. The molecule has 0 spiro atoms. The maximum atomic E-state index is 9.95. The quantitative estimate of drug-likeness (QED) is 0.128. The van der Waals surface area contributed by atoms with E-state index in [1.54, 1.807) is 0 Å². The van der Waals surface area contributed by atoms with E-state index in [-0.39, 0.29) is 29.7 Å². The Kier molecular flexibility index (Phi) is 7.86. The SMILES string of the molecule is [2H]c1c([2H])c([2H])c(-c2c([2H])c([2H])c(N(c3c([2H])c([2H])c(-c4c([2H])c([2H])c5c(c4[2H])c([2H])c([2H])c4c([2H])c([2H])c([2H])c([2H])c45)c([2H])c3[2H])c3c([2H])c4c([2H])c([2H])c([2H])c([2H])c4c4oc5c([2H])c([2H])c([2H])c([2H])c5c34)c([2H])c2[2H])c([2H])c1[2H].[2H]c1c([2H])c([2H])c(-c2ccc(N(c3ccc(-c4cc5ccccc5c5ccccc45)cc3)c3cc4ccccc4c4oc5ccccc5c34)cc2)c([2H])c1[2H]. The first-order valence-corrected chi connectivity index (χ1v) is 31.3. The van der Waals surface area contributed by atoms with Gasteiger partial charge in [-0.05, 0) is 183 Å². The summed E-state index contributed by atoms with van der Waals surface area (Å²) >= 11 is 0. The Morgan fingerprint density at radius 3 is 1.40 bits per heavy atom. The van der Waals surface area contributed by atoms with Crippen molar-refractivity contribution in [3.05, 3.63) is 375 Å². The molecule has 0 fully saturated rings. The molecule has 0 aliphatic rings. The molecule has 0 saturated carbocycles. The van der Waals surface area contributed by atoms with Crippen molar-refractivity contribution in [2.24, 2.45) is 0 Å². The minimum Gasteiger partial charge on any atom is -0.455 e. The Morgan fingerprint density at radius 1 is 0.230 bits per heavy atom. The van der Waals surface area contributed by atoms with Gasteiger partial charge in [0.05, 0.1) is 71.5 Å². The molecule has 4 heteroatoms. The summed E-state index contributed by atoms with van der Waals surface area (Å²) in [4.78, 5) is 2.62. The highest BCUT2D eigenvalue weighted by molar-refractivity contribution is 6.24. The lowest BCUT2D eigenvalue weighted by molar-refractivity contribution is 0.672. The standard InChI is InChI=1S/2C48H31NO/c1-2-12-32(13-3-1)33-22-26-37(27-23-33)49(45-31-36-15-5-7-17-40(36)48-47(45)43-20-10-11-21-46(43)50-48)38-28-24-34(25-29-38)44-30-35-14-4-6-16-39(35)41-18-8-9-19-42(41)44;1-2-10-32(11-3-1)33-20-25-39(26-21-33)49(45-31-37-13-5-7-15-43(37)48-47(45)44-16-8-9-17-46(44)50-48)40-27-22-34(23-28-40)36-24-29-42-38(30-36)19-18-35-12-4-6-14-41(35)42/h2*1-31H/i1D,2D,3D,12D,13D;1D,2D,3D,4D,5D,6D,7D,8D,9D,10D,11D,12D,13D,14D,15D,16D,17D,18D,19D,20D,21D,22D,23D,24D,25D,26D,27D,28D,29D,30D,31D. The van der Waals surface area contributed by atoms with Gasteiger partial charge >= 0.3 is 0 Å². The predicted octanol–water partition coefficient (Wildman–Crippen LogP) is 27.7. The lowest BCUT2D eigenvalue weighted by Gasteiger charge is -2.27. The van der Waals surface area contributed by atoms with Gasteiger partial charge < -0.3 is 18.6 Å². The Morgan fingerprint density at radius 2 is 0.690 bits per heavy atom. The zero-order chi connectivity index (χ0) is 97.4. The van der Waals surface area contributed by atoms with Gasteiger partial charge in [-0.25, -0.2) is 0 Å². The van der Waals surface area contributed by atoms with E-state index in [4.69, 9.17) is 41.7 Å². The molecule has 4 nitrogen and oxygen atoms in total. The average Bonchev–Trinajstić information content (AvgIpc) is 1.39. The number of furan rings is 2. The third-order valence-electron chi connectivity index (χ3n) is 17.4. The highest BCUT2D eigenvalue weighted by Gasteiger charge is 2.25. The Labute approximate surface area is 628 Å². The van der Waals surface area contributed by atoms with Crippen LogP contribution in [-0.4, -0.2) is 0 Å². The summed E-state index contributed by atoms with van der Waals surface area (Å²) in [5, 5.41) is 3.77. The largest absolute Gasteiger partial charge is 0.455 e. The second-order valence-electron chi connectivity index (χ2n) is 23.1. The number of para-hydroxylation sites is 2. The highest BCUT2D eigenvalue weighted by Crippen LogP contribution is 2.49. The van der Waals surface area contributed by atoms with E-state index in [9.17, 15) is 16.4 Å². The molecular formula is C96H62N2O2. The second kappa shape index (κ2) is 24.4. The van der Waals surface area contributed by atoms with Crippen LogP contribution in [0.2, 0.25) is 0 Å². The molecule has 0 amide bonds. The molecule has 18 aromatic carbocycles. The fourth-order valence-electron chi connectivity index (χ4n) is 12.9. The third kappa shape index (κ3) is 10.2. The van der Waals surface area contributed by atoms with Crippen LogP contribution >= 0.6 is 0 Å². The van der Waals surface area contributed by atoms with Crippen LogP contribution in [-0.2, 0) is 0 Å². The summed E-state index contributed by atoms with van der Waals surface area (Å²) in [6.07, 6.45) is 0. The summed E-state index contributed by atoms with van der Waals surface area (Å²) in [6, 6.07) is 21.2. The van der Waals surface area contributed by atoms with E-state index in [1.807, 2.05) is 54.6 Å². The molecule has 0 aliphatic carbocycles. The van der Waals surface area contributed by atoms with Gasteiger partial charge in [-0.2, -0.15) is 0 Å². The molecule has 0 radical (unpaired) electrons. The first-order chi connectivity index (χ1) is 64.6. The lowest BCUT2D eigenvalue weighted by atomic mass is 9.93. The fraction of sp³-hybridized carbons (Fsp3) is 0. The van der Waals surface area contributed by atoms with Gasteiger partial charge in [0.25, 0.3) is 0 Å². The van der Waals surface area contributed by atoms with E-state index in [0.29, 0.717) is 10.5 Å². The highest BCUT2D eigenvalue weighted by atomic mass is 16.3. The van der Waals surface area contributed by atoms with Gasteiger partial charge in [-0.3, -0.25) is 0 Å². The van der Waals surface area contributed by atoms with Crippen LogP contribution in [0.25, 0.3) is 153 Å². The van der Waals surface area contributed by atoms with E-state index in [1.165, 1.54) is 21.5 Å². The van der Waals surface area contributed by atoms with Crippen LogP contribution in [0.1, 0.15) is 49.3 Å². The maximum absolute atomic E-state index is 9.95. The van der Waals surface area contributed by atoms with Crippen LogP contribution in [0.5, 0.6) is 0 Å². The lowest BCUT2D eigenvalue weighted by Crippen LogP contribution is -2.10. The zero-order valence-electron chi connectivity index (χ0n) is 87.7. The molecule has 0 unspecified atom stereocenters. The molecule has 468 valence electrons. The van der Waals surface area contributed by atoms with Gasteiger partial charge in [0.1, 0.15) is 22.3 Å². The average molecular weight is 1310 g/mol. The molecule has 2 heterocycles. The molecule has 0 bridgehead atoms. The number of hydrogen-bond donors (Lipinski definition) is 0. The van der Waals surface area contributed by atoms with Gasteiger partial charge in [0.15, 0.2) is 0 Å². The molecule has 2 aromatic heterocycles. The number of rotatable bonds is 10. The third-order valence-corrected chi connectivity index (χ3v) is 17.4. The summed E-state index contributed by atoms with van der Waals surface area (Å²) in [6.45, 7) is 0. The van der Waals surface area contributed by atoms with Crippen molar-refractivity contribution in [2.75, 3.05) is 9.80 Å². The van der Waals surface area contributed by atoms with Gasteiger partial charge in [0, 0.05) is 44.3 Å². The van der Waals surface area contributed by atoms with E-state index in [2.05, 4.69) is 108 Å². The molecule has 20 rings (SSSR count). The molecule has 0 saturated heterocycles. The normalized spacial score (nSPS) is 16.6. The van der Waals surface area contributed by atoms with Crippen molar-refractivity contribution in [1.82, 2.24) is 0 Å². The first kappa shape index (κ1) is 32.2. The van der Waals surface area contributed by atoms with Crippen molar-refractivity contribution in [3.63, 3.8) is 0 Å². The molecule has 0 aliphatic heterocycles. The topological polar surface area (TPSA) is 32.8 Å². The van der Waals surface area contributed by atoms with E-state index >= 15 is 0 Å². The van der Waals surface area contributed by atoms with Crippen LogP contribution in [0.4, 0.5) is 34.1 Å². The van der Waals surface area contributed by atoms with Gasteiger partial charge in [0.2, 0.25) is 0 Å². The Balaban J connectivity index is 0.000000187. The summed E-state index contributed by atoms with van der Waals surface area (Å²) < 4.78 is 333. The predicted molar refractivity (Wildman–Crippen MR) is 424 cm³/mol. The molecule has 0 atom stereocenters. The van der Waals surface area contributed by atoms with Crippen molar-refractivity contribution >= 4 is 143 Å². The molecule has 100 heavy (non-hydrogen) atoms. The Bertz CT molecular complexity index is 8710. The molecular weight excluding hydrogens is 1210 g/mol. The number of benzene rings is 18. The number of hydrogen-bond acceptors (Lipinski definition) is 4. The van der Waals surface area contributed by atoms with Gasteiger partial charge in [-0.15, -0.1) is 0 Å². The van der Waals surface area contributed by atoms with Crippen LogP contribution in [0.15, 0.2) is 384 Å².